The van der Waals surface area contributed by atoms with Crippen molar-refractivity contribution < 1.29 is 18.1 Å². The summed E-state index contributed by atoms with van der Waals surface area (Å²) in [4.78, 5) is 23.9. The van der Waals surface area contributed by atoms with E-state index in [4.69, 9.17) is 0 Å². The molecule has 0 fully saturated rings. The smallest absolute Gasteiger partial charge is 0.271 e. The van der Waals surface area contributed by atoms with Crippen LogP contribution in [-0.4, -0.2) is 31.5 Å². The summed E-state index contributed by atoms with van der Waals surface area (Å²) in [6, 6.07) is 10.4. The topological polar surface area (TPSA) is 110 Å². The molecular formula is C24H31N3O5S. The Hall–Kier alpha value is -2.94. The Morgan fingerprint density at radius 2 is 1.79 bits per heavy atom. The largest absolute Gasteiger partial charge is 0.347 e. The van der Waals surface area contributed by atoms with Crippen LogP contribution in [0.2, 0.25) is 0 Å². The number of benzene rings is 2. The molecule has 0 spiro atoms. The van der Waals surface area contributed by atoms with Gasteiger partial charge >= 0.3 is 0 Å². The van der Waals surface area contributed by atoms with Crippen molar-refractivity contribution in [3.63, 3.8) is 0 Å². The summed E-state index contributed by atoms with van der Waals surface area (Å²) in [6.07, 6.45) is 6.31. The summed E-state index contributed by atoms with van der Waals surface area (Å²) in [5.41, 5.74) is 3.52. The first-order valence-corrected chi connectivity index (χ1v) is 13.2. The van der Waals surface area contributed by atoms with Crippen molar-refractivity contribution in [1.82, 2.24) is 5.32 Å². The van der Waals surface area contributed by atoms with E-state index in [-0.39, 0.29) is 23.8 Å². The fourth-order valence-electron chi connectivity index (χ4n) is 4.46. The van der Waals surface area contributed by atoms with Gasteiger partial charge in [0.2, 0.25) is 15.9 Å². The molecule has 2 aromatic rings. The van der Waals surface area contributed by atoms with Gasteiger partial charge in [-0.3, -0.25) is 19.2 Å². The average molecular weight is 474 g/mol. The maximum Gasteiger partial charge on any atom is 0.271 e. The molecule has 0 bridgehead atoms. The minimum Gasteiger partial charge on any atom is -0.347 e. The lowest BCUT2D eigenvalue weighted by molar-refractivity contribution is -0.384. The first-order valence-electron chi connectivity index (χ1n) is 11.3. The van der Waals surface area contributed by atoms with Crippen LogP contribution in [0, 0.1) is 10.1 Å². The van der Waals surface area contributed by atoms with Crippen molar-refractivity contribution in [3.05, 3.63) is 69.3 Å². The number of fused-ring (bicyclic) bond motifs is 1. The number of nitro groups is 1. The molecule has 3 rings (SSSR count). The fourth-order valence-corrected chi connectivity index (χ4v) is 5.67. The first-order chi connectivity index (χ1) is 15.7. The zero-order valence-electron chi connectivity index (χ0n) is 19.3. The van der Waals surface area contributed by atoms with Crippen LogP contribution in [0.25, 0.3) is 0 Å². The number of hydrogen-bond donors (Lipinski definition) is 1. The number of nitro benzene ring substituents is 1. The van der Waals surface area contributed by atoms with Gasteiger partial charge in [0.05, 0.1) is 22.9 Å². The number of sulfonamides is 1. The van der Waals surface area contributed by atoms with Crippen LogP contribution in [0.4, 0.5) is 11.4 Å². The van der Waals surface area contributed by atoms with E-state index in [1.54, 1.807) is 6.92 Å². The maximum absolute atomic E-state index is 13.3. The van der Waals surface area contributed by atoms with Gasteiger partial charge in [0, 0.05) is 12.1 Å². The van der Waals surface area contributed by atoms with Gasteiger partial charge in [-0.25, -0.2) is 8.42 Å². The first kappa shape index (κ1) is 24.7. The molecule has 2 unspecified atom stereocenters. The van der Waals surface area contributed by atoms with E-state index in [0.717, 1.165) is 35.4 Å². The number of anilines is 1. The quantitative estimate of drug-likeness (QED) is 0.432. The van der Waals surface area contributed by atoms with E-state index >= 15 is 0 Å². The Kier molecular flexibility index (Phi) is 7.73. The number of amides is 1. The summed E-state index contributed by atoms with van der Waals surface area (Å²) in [5, 5.41) is 14.2. The SMILES string of the molecule is CCC(NC(=O)C(CC)N(c1cccc([N+](=O)[O-])c1)S(C)(=O)=O)c1ccc2c(c1)CCCC2. The molecule has 33 heavy (non-hydrogen) atoms. The summed E-state index contributed by atoms with van der Waals surface area (Å²) in [7, 11) is -3.89. The zero-order chi connectivity index (χ0) is 24.2. The molecule has 8 nitrogen and oxygen atoms in total. The number of carbonyl (C=O) groups is 1. The van der Waals surface area contributed by atoms with Gasteiger partial charge < -0.3 is 5.32 Å². The highest BCUT2D eigenvalue weighted by atomic mass is 32.2. The molecule has 0 radical (unpaired) electrons. The van der Waals surface area contributed by atoms with Crippen molar-refractivity contribution in [2.75, 3.05) is 10.6 Å². The van der Waals surface area contributed by atoms with E-state index in [0.29, 0.717) is 6.42 Å². The average Bonchev–Trinajstić information content (AvgIpc) is 2.79. The standard InChI is InChI=1S/C24H31N3O5S/c1-4-22(19-14-13-17-9-6-7-10-18(17)15-19)25-24(28)23(5-2)26(33(3,31)32)20-11-8-12-21(16-20)27(29)30/h8,11-16,22-23H,4-7,9-10H2,1-3H3,(H,25,28). The number of nitrogens with one attached hydrogen (secondary N) is 1. The van der Waals surface area contributed by atoms with Gasteiger partial charge in [-0.15, -0.1) is 0 Å². The Morgan fingerprint density at radius 3 is 2.39 bits per heavy atom. The molecule has 1 aliphatic carbocycles. The molecule has 1 amide bonds. The summed E-state index contributed by atoms with van der Waals surface area (Å²) < 4.78 is 26.3. The van der Waals surface area contributed by atoms with Crippen LogP contribution in [0.5, 0.6) is 0 Å². The number of nitrogens with zero attached hydrogens (tertiary/aromatic N) is 2. The second-order valence-corrected chi connectivity index (χ2v) is 10.3. The van der Waals surface area contributed by atoms with E-state index in [1.165, 1.54) is 41.8 Å². The highest BCUT2D eigenvalue weighted by Crippen LogP contribution is 2.29. The van der Waals surface area contributed by atoms with Gasteiger partial charge in [0.1, 0.15) is 6.04 Å². The van der Waals surface area contributed by atoms with Crippen LogP contribution >= 0.6 is 0 Å². The number of hydrogen-bond acceptors (Lipinski definition) is 5. The number of carbonyl (C=O) groups excluding carboxylic acids is 1. The van der Waals surface area contributed by atoms with Crippen LogP contribution in [0.1, 0.15) is 62.3 Å². The number of rotatable bonds is 9. The van der Waals surface area contributed by atoms with Crippen molar-refractivity contribution >= 4 is 27.3 Å². The number of aryl methyl sites for hydroxylation is 2. The molecule has 1 aliphatic rings. The maximum atomic E-state index is 13.3. The molecule has 0 heterocycles. The third kappa shape index (κ3) is 5.71. The summed E-state index contributed by atoms with van der Waals surface area (Å²) in [6.45, 7) is 3.69. The molecule has 2 atom stereocenters. The Balaban J connectivity index is 1.90. The molecule has 2 aromatic carbocycles. The highest BCUT2D eigenvalue weighted by molar-refractivity contribution is 7.92. The molecule has 1 N–H and O–H groups in total. The molecule has 0 saturated carbocycles. The van der Waals surface area contributed by atoms with Crippen LogP contribution < -0.4 is 9.62 Å². The summed E-state index contributed by atoms with van der Waals surface area (Å²) in [5.74, 6) is -0.431. The second kappa shape index (κ2) is 10.3. The van der Waals surface area contributed by atoms with Crippen LogP contribution in [0.3, 0.4) is 0 Å². The van der Waals surface area contributed by atoms with Gasteiger partial charge in [-0.05, 0) is 61.3 Å². The third-order valence-corrected chi connectivity index (χ3v) is 7.30. The Bertz CT molecular complexity index is 1130. The molecule has 178 valence electrons. The number of non-ortho nitro benzene ring substituents is 1. The minimum absolute atomic E-state index is 0.0931. The van der Waals surface area contributed by atoms with Crippen molar-refractivity contribution in [2.24, 2.45) is 0 Å². The molecule has 0 saturated heterocycles. The van der Waals surface area contributed by atoms with Gasteiger partial charge in [-0.1, -0.05) is 38.1 Å². The lowest BCUT2D eigenvalue weighted by Crippen LogP contribution is -2.50. The highest BCUT2D eigenvalue weighted by Gasteiger charge is 2.33. The van der Waals surface area contributed by atoms with Crippen molar-refractivity contribution in [3.8, 4) is 0 Å². The van der Waals surface area contributed by atoms with E-state index in [1.807, 2.05) is 13.0 Å². The van der Waals surface area contributed by atoms with E-state index in [9.17, 15) is 23.3 Å². The lowest BCUT2D eigenvalue weighted by Gasteiger charge is -2.31. The van der Waals surface area contributed by atoms with Gasteiger partial charge in [-0.2, -0.15) is 0 Å². The molecular weight excluding hydrogens is 442 g/mol. The predicted molar refractivity (Wildman–Crippen MR) is 129 cm³/mol. The van der Waals surface area contributed by atoms with Crippen molar-refractivity contribution in [2.45, 2.75) is 64.5 Å². The molecule has 0 aliphatic heterocycles. The van der Waals surface area contributed by atoms with Crippen LogP contribution in [0.15, 0.2) is 42.5 Å². The Morgan fingerprint density at radius 1 is 1.09 bits per heavy atom. The van der Waals surface area contributed by atoms with E-state index < -0.39 is 26.9 Å². The van der Waals surface area contributed by atoms with Gasteiger partial charge in [0.15, 0.2) is 0 Å². The second-order valence-electron chi connectivity index (χ2n) is 8.46. The molecule has 9 heteroatoms. The summed E-state index contributed by atoms with van der Waals surface area (Å²) >= 11 is 0. The minimum atomic E-state index is -3.89. The Labute approximate surface area is 195 Å². The fraction of sp³-hybridized carbons (Fsp3) is 0.458. The van der Waals surface area contributed by atoms with Crippen LogP contribution in [-0.2, 0) is 27.7 Å². The third-order valence-electron chi connectivity index (χ3n) is 6.12. The molecule has 0 aromatic heterocycles. The van der Waals surface area contributed by atoms with E-state index in [2.05, 4.69) is 17.4 Å². The monoisotopic (exact) mass is 473 g/mol. The normalized spacial score (nSPS) is 15.2. The lowest BCUT2D eigenvalue weighted by atomic mass is 9.88. The predicted octanol–water partition coefficient (Wildman–Crippen LogP) is 4.29. The van der Waals surface area contributed by atoms with Gasteiger partial charge in [0.25, 0.3) is 5.69 Å². The zero-order valence-corrected chi connectivity index (χ0v) is 20.1. The van der Waals surface area contributed by atoms with Crippen molar-refractivity contribution in [1.29, 1.82) is 0 Å².